The number of imide groups is 1. The SMILES string of the molecule is CCCc1cc(=O)oc2cc(OCC(=O)NC(=O)NC3CCCCC3C)ccc12. The fourth-order valence-electron chi connectivity index (χ4n) is 3.82. The lowest BCUT2D eigenvalue weighted by atomic mass is 9.86. The molecule has 0 spiro atoms. The number of amides is 3. The topological polar surface area (TPSA) is 97.6 Å². The predicted molar refractivity (Wildman–Crippen MR) is 110 cm³/mol. The van der Waals surface area contributed by atoms with Crippen molar-refractivity contribution < 1.29 is 18.7 Å². The van der Waals surface area contributed by atoms with Crippen molar-refractivity contribution >= 4 is 22.9 Å². The molecule has 2 aromatic rings. The first-order valence-corrected chi connectivity index (χ1v) is 10.3. The van der Waals surface area contributed by atoms with Crippen LogP contribution in [0, 0.1) is 5.92 Å². The molecule has 1 aliphatic rings. The normalized spacial score (nSPS) is 19.0. The van der Waals surface area contributed by atoms with Crippen molar-refractivity contribution in [1.82, 2.24) is 10.6 Å². The fourth-order valence-corrected chi connectivity index (χ4v) is 3.82. The van der Waals surface area contributed by atoms with Crippen LogP contribution >= 0.6 is 0 Å². The molecule has 3 amide bonds. The molecular weight excluding hydrogens is 372 g/mol. The van der Waals surface area contributed by atoms with Crippen molar-refractivity contribution in [3.8, 4) is 5.75 Å². The van der Waals surface area contributed by atoms with E-state index in [2.05, 4.69) is 17.6 Å². The number of nitrogens with one attached hydrogen (secondary N) is 2. The number of ether oxygens (including phenoxy) is 1. The van der Waals surface area contributed by atoms with Gasteiger partial charge in [0.05, 0.1) is 0 Å². The van der Waals surface area contributed by atoms with E-state index < -0.39 is 17.6 Å². The molecular formula is C22H28N2O5. The van der Waals surface area contributed by atoms with Gasteiger partial charge in [0.15, 0.2) is 6.61 Å². The van der Waals surface area contributed by atoms with Crippen LogP contribution in [0.5, 0.6) is 5.75 Å². The molecule has 1 heterocycles. The second-order valence-electron chi connectivity index (χ2n) is 7.68. The first kappa shape index (κ1) is 20.9. The zero-order valence-corrected chi connectivity index (χ0v) is 17.0. The van der Waals surface area contributed by atoms with Crippen LogP contribution in [-0.4, -0.2) is 24.6 Å². The Balaban J connectivity index is 1.56. The van der Waals surface area contributed by atoms with Gasteiger partial charge in [-0.2, -0.15) is 0 Å². The van der Waals surface area contributed by atoms with Crippen molar-refractivity contribution in [2.24, 2.45) is 5.92 Å². The largest absolute Gasteiger partial charge is 0.484 e. The van der Waals surface area contributed by atoms with Gasteiger partial charge in [0, 0.05) is 23.6 Å². The molecule has 2 N–H and O–H groups in total. The molecule has 0 bridgehead atoms. The highest BCUT2D eigenvalue weighted by atomic mass is 16.5. The Hall–Kier alpha value is -2.83. The highest BCUT2D eigenvalue weighted by Gasteiger charge is 2.23. The molecule has 0 radical (unpaired) electrons. The minimum Gasteiger partial charge on any atom is -0.484 e. The van der Waals surface area contributed by atoms with Crippen LogP contribution in [0.2, 0.25) is 0 Å². The Morgan fingerprint density at radius 3 is 2.76 bits per heavy atom. The van der Waals surface area contributed by atoms with E-state index >= 15 is 0 Å². The summed E-state index contributed by atoms with van der Waals surface area (Å²) >= 11 is 0. The first-order chi connectivity index (χ1) is 14.0. The van der Waals surface area contributed by atoms with Crippen LogP contribution in [0.15, 0.2) is 33.5 Å². The van der Waals surface area contributed by atoms with Gasteiger partial charge in [0.2, 0.25) is 0 Å². The summed E-state index contributed by atoms with van der Waals surface area (Å²) in [6.45, 7) is 3.85. The molecule has 2 unspecified atom stereocenters. The monoisotopic (exact) mass is 400 g/mol. The number of fused-ring (bicyclic) bond motifs is 1. The van der Waals surface area contributed by atoms with Crippen molar-refractivity contribution in [3.05, 3.63) is 40.2 Å². The molecule has 1 saturated carbocycles. The number of aryl methyl sites for hydroxylation is 1. The number of hydrogen-bond acceptors (Lipinski definition) is 5. The second-order valence-corrected chi connectivity index (χ2v) is 7.68. The van der Waals surface area contributed by atoms with Crippen LogP contribution in [0.1, 0.15) is 51.5 Å². The van der Waals surface area contributed by atoms with E-state index in [1.165, 1.54) is 12.5 Å². The maximum atomic E-state index is 12.0. The average molecular weight is 400 g/mol. The quantitative estimate of drug-likeness (QED) is 0.723. The predicted octanol–water partition coefficient (Wildman–Crippen LogP) is 3.53. The van der Waals surface area contributed by atoms with E-state index in [-0.39, 0.29) is 12.6 Å². The average Bonchev–Trinajstić information content (AvgIpc) is 2.68. The lowest BCUT2D eigenvalue weighted by Crippen LogP contribution is -2.48. The molecule has 156 valence electrons. The Kier molecular flexibility index (Phi) is 6.90. The molecule has 0 saturated heterocycles. The first-order valence-electron chi connectivity index (χ1n) is 10.3. The Morgan fingerprint density at radius 2 is 2.00 bits per heavy atom. The third-order valence-corrected chi connectivity index (χ3v) is 5.37. The number of urea groups is 1. The summed E-state index contributed by atoms with van der Waals surface area (Å²) < 4.78 is 10.7. The summed E-state index contributed by atoms with van der Waals surface area (Å²) in [5, 5.41) is 6.02. The van der Waals surface area contributed by atoms with E-state index in [0.717, 1.165) is 43.1 Å². The number of carbonyl (C=O) groups excluding carboxylic acids is 2. The van der Waals surface area contributed by atoms with Crippen molar-refractivity contribution in [3.63, 3.8) is 0 Å². The Labute approximate surface area is 169 Å². The van der Waals surface area contributed by atoms with Gasteiger partial charge in [-0.1, -0.05) is 33.1 Å². The van der Waals surface area contributed by atoms with Gasteiger partial charge in [-0.3, -0.25) is 10.1 Å². The molecule has 0 aliphatic heterocycles. The maximum absolute atomic E-state index is 12.0. The van der Waals surface area contributed by atoms with Crippen LogP contribution in [-0.2, 0) is 11.2 Å². The number of rotatable bonds is 6. The van der Waals surface area contributed by atoms with E-state index in [4.69, 9.17) is 9.15 Å². The summed E-state index contributed by atoms with van der Waals surface area (Å²) in [6.07, 6.45) is 5.98. The maximum Gasteiger partial charge on any atom is 0.336 e. The zero-order chi connectivity index (χ0) is 20.8. The molecule has 3 rings (SSSR count). The summed E-state index contributed by atoms with van der Waals surface area (Å²) in [4.78, 5) is 35.8. The summed E-state index contributed by atoms with van der Waals surface area (Å²) in [5.41, 5.74) is 0.934. The van der Waals surface area contributed by atoms with E-state index in [1.807, 2.05) is 13.0 Å². The number of carbonyl (C=O) groups is 2. The lowest BCUT2D eigenvalue weighted by Gasteiger charge is -2.29. The van der Waals surface area contributed by atoms with Crippen molar-refractivity contribution in [2.45, 2.75) is 58.4 Å². The van der Waals surface area contributed by atoms with Gasteiger partial charge in [-0.25, -0.2) is 9.59 Å². The molecule has 1 aromatic heterocycles. The van der Waals surface area contributed by atoms with Crippen molar-refractivity contribution in [2.75, 3.05) is 6.61 Å². The van der Waals surface area contributed by atoms with Crippen molar-refractivity contribution in [1.29, 1.82) is 0 Å². The van der Waals surface area contributed by atoms with Crippen LogP contribution in [0.4, 0.5) is 4.79 Å². The third-order valence-electron chi connectivity index (χ3n) is 5.37. The lowest BCUT2D eigenvalue weighted by molar-refractivity contribution is -0.122. The highest BCUT2D eigenvalue weighted by Crippen LogP contribution is 2.24. The van der Waals surface area contributed by atoms with E-state index in [9.17, 15) is 14.4 Å². The van der Waals surface area contributed by atoms with Gasteiger partial charge in [0.25, 0.3) is 5.91 Å². The molecule has 1 aliphatic carbocycles. The van der Waals surface area contributed by atoms with Gasteiger partial charge >= 0.3 is 11.7 Å². The second kappa shape index (κ2) is 9.58. The van der Waals surface area contributed by atoms with Gasteiger partial charge in [-0.15, -0.1) is 0 Å². The summed E-state index contributed by atoms with van der Waals surface area (Å²) in [5.74, 6) is 0.267. The smallest absolute Gasteiger partial charge is 0.336 e. The number of benzene rings is 1. The van der Waals surface area contributed by atoms with Gasteiger partial charge in [0.1, 0.15) is 11.3 Å². The summed E-state index contributed by atoms with van der Waals surface area (Å²) in [7, 11) is 0. The van der Waals surface area contributed by atoms with Gasteiger partial charge < -0.3 is 14.5 Å². The zero-order valence-electron chi connectivity index (χ0n) is 17.0. The Morgan fingerprint density at radius 1 is 1.21 bits per heavy atom. The van der Waals surface area contributed by atoms with Crippen LogP contribution < -0.4 is 21.0 Å². The molecule has 1 aromatic carbocycles. The van der Waals surface area contributed by atoms with Gasteiger partial charge in [-0.05, 0) is 42.9 Å². The highest BCUT2D eigenvalue weighted by molar-refractivity contribution is 5.95. The summed E-state index contributed by atoms with van der Waals surface area (Å²) in [6, 6.07) is 6.23. The van der Waals surface area contributed by atoms with Crippen LogP contribution in [0.3, 0.4) is 0 Å². The molecule has 7 nitrogen and oxygen atoms in total. The molecule has 2 atom stereocenters. The molecule has 1 fully saturated rings. The minimum absolute atomic E-state index is 0.0955. The Bertz CT molecular complexity index is 936. The van der Waals surface area contributed by atoms with E-state index in [1.54, 1.807) is 12.1 Å². The molecule has 7 heteroatoms. The standard InChI is InChI=1S/C22H28N2O5/c1-3-6-15-11-21(26)29-19-12-16(9-10-17(15)19)28-13-20(25)24-22(27)23-18-8-5-4-7-14(18)2/h9-12,14,18H,3-8,13H2,1-2H3,(H2,23,24,25,27). The minimum atomic E-state index is -0.535. The number of hydrogen-bond donors (Lipinski definition) is 2. The molecule has 29 heavy (non-hydrogen) atoms. The van der Waals surface area contributed by atoms with Crippen LogP contribution in [0.25, 0.3) is 11.0 Å². The fraction of sp³-hybridized carbons (Fsp3) is 0.500. The van der Waals surface area contributed by atoms with E-state index in [0.29, 0.717) is 17.3 Å². The third kappa shape index (κ3) is 5.59.